The molecule has 1 N–H and O–H groups in total. The molecule has 2 aromatic carbocycles. The first-order valence-corrected chi connectivity index (χ1v) is 6.96. The molecule has 20 heavy (non-hydrogen) atoms. The average molecular weight is 263 g/mol. The zero-order chi connectivity index (χ0) is 13.9. The highest BCUT2D eigenvalue weighted by Gasteiger charge is 2.14. The number of para-hydroxylation sites is 1. The number of fused-ring (bicyclic) bond motifs is 1. The number of pyridine rings is 1. The summed E-state index contributed by atoms with van der Waals surface area (Å²) in [7, 11) is 0. The third-order valence-corrected chi connectivity index (χ3v) is 3.74. The molecule has 3 aromatic rings. The second-order valence-electron chi connectivity index (χ2n) is 5.01. The number of aromatic nitrogens is 1. The van der Waals surface area contributed by atoms with Crippen molar-refractivity contribution in [2.24, 2.45) is 0 Å². The summed E-state index contributed by atoms with van der Waals surface area (Å²) in [6, 6.07) is 19.7. The van der Waals surface area contributed by atoms with Crippen LogP contribution >= 0.6 is 0 Å². The molecule has 0 aliphatic carbocycles. The van der Waals surface area contributed by atoms with Crippen LogP contribution in [0, 0.1) is 0 Å². The first-order chi connectivity index (χ1) is 9.79. The molecule has 0 saturated carbocycles. The van der Waals surface area contributed by atoms with Crippen molar-refractivity contribution in [1.82, 2.24) is 4.98 Å². The van der Waals surface area contributed by atoms with Crippen LogP contribution in [0.15, 0.2) is 65.5 Å². The molecule has 1 heterocycles. The topological polar surface area (TPSA) is 32.9 Å². The van der Waals surface area contributed by atoms with Gasteiger partial charge in [0.05, 0.1) is 0 Å². The summed E-state index contributed by atoms with van der Waals surface area (Å²) < 4.78 is 0. The molecule has 2 nitrogen and oxygen atoms in total. The normalized spacial score (nSPS) is 12.4. The van der Waals surface area contributed by atoms with Crippen LogP contribution in [-0.4, -0.2) is 4.98 Å². The Morgan fingerprint density at radius 2 is 1.70 bits per heavy atom. The van der Waals surface area contributed by atoms with E-state index >= 15 is 0 Å². The molecule has 0 bridgehead atoms. The molecule has 0 aliphatic rings. The van der Waals surface area contributed by atoms with Crippen molar-refractivity contribution in [2.75, 3.05) is 0 Å². The van der Waals surface area contributed by atoms with Gasteiger partial charge >= 0.3 is 0 Å². The van der Waals surface area contributed by atoms with Gasteiger partial charge < -0.3 is 4.98 Å². The van der Waals surface area contributed by atoms with E-state index in [4.69, 9.17) is 0 Å². The fourth-order valence-electron chi connectivity index (χ4n) is 2.73. The number of rotatable bonds is 3. The van der Waals surface area contributed by atoms with Gasteiger partial charge in [-0.15, -0.1) is 0 Å². The number of aromatic amines is 1. The Hall–Kier alpha value is -2.35. The van der Waals surface area contributed by atoms with Crippen molar-refractivity contribution in [3.8, 4) is 0 Å². The van der Waals surface area contributed by atoms with E-state index < -0.39 is 0 Å². The molecule has 3 rings (SSSR count). The van der Waals surface area contributed by atoms with E-state index in [9.17, 15) is 4.79 Å². The number of hydrogen-bond donors (Lipinski definition) is 1. The highest BCUT2D eigenvalue weighted by Crippen LogP contribution is 2.26. The van der Waals surface area contributed by atoms with Crippen LogP contribution in [0.2, 0.25) is 0 Å². The van der Waals surface area contributed by atoms with Crippen molar-refractivity contribution in [3.05, 3.63) is 82.1 Å². The minimum Gasteiger partial charge on any atom is -0.358 e. The molecule has 0 unspecified atom stereocenters. The van der Waals surface area contributed by atoms with Crippen molar-refractivity contribution in [2.45, 2.75) is 19.3 Å². The molecule has 1 atom stereocenters. The number of benzene rings is 2. The fraction of sp³-hybridized carbons (Fsp3) is 0.167. The van der Waals surface area contributed by atoms with Gasteiger partial charge in [-0.3, -0.25) is 4.79 Å². The van der Waals surface area contributed by atoms with E-state index in [1.165, 1.54) is 5.56 Å². The van der Waals surface area contributed by atoms with E-state index in [0.717, 1.165) is 23.0 Å². The Labute approximate surface area is 118 Å². The molecule has 1 aromatic heterocycles. The third-order valence-electron chi connectivity index (χ3n) is 3.74. The lowest BCUT2D eigenvalue weighted by Gasteiger charge is -2.16. The van der Waals surface area contributed by atoms with Gasteiger partial charge in [0.25, 0.3) is 0 Å². The van der Waals surface area contributed by atoms with Gasteiger partial charge in [-0.05, 0) is 24.1 Å². The highest BCUT2D eigenvalue weighted by atomic mass is 16.1. The lowest BCUT2D eigenvalue weighted by atomic mass is 9.92. The van der Waals surface area contributed by atoms with Crippen LogP contribution in [0.1, 0.15) is 30.5 Å². The Balaban J connectivity index is 2.16. The van der Waals surface area contributed by atoms with Gasteiger partial charge in [0.1, 0.15) is 0 Å². The van der Waals surface area contributed by atoms with Crippen LogP contribution in [0.5, 0.6) is 0 Å². The van der Waals surface area contributed by atoms with E-state index in [0.29, 0.717) is 0 Å². The zero-order valence-corrected chi connectivity index (χ0v) is 11.5. The summed E-state index contributed by atoms with van der Waals surface area (Å²) >= 11 is 0. The smallest absolute Gasteiger partial charge is 0.189 e. The summed E-state index contributed by atoms with van der Waals surface area (Å²) in [5.74, 6) is 0.230. The van der Waals surface area contributed by atoms with E-state index in [1.807, 2.05) is 42.5 Å². The van der Waals surface area contributed by atoms with Crippen LogP contribution in [0.25, 0.3) is 10.9 Å². The predicted octanol–water partition coefficient (Wildman–Crippen LogP) is 4.07. The molecule has 100 valence electrons. The quantitative estimate of drug-likeness (QED) is 0.759. The molecular formula is C18H17NO. The Kier molecular flexibility index (Phi) is 3.38. The monoisotopic (exact) mass is 263 g/mol. The van der Waals surface area contributed by atoms with Crippen molar-refractivity contribution in [3.63, 3.8) is 0 Å². The summed E-state index contributed by atoms with van der Waals surface area (Å²) in [5, 5.41) is 0.749. The zero-order valence-electron chi connectivity index (χ0n) is 11.5. The predicted molar refractivity (Wildman–Crippen MR) is 83.1 cm³/mol. The SMILES string of the molecule is CC[C@H](c1ccccc1)c1cc(=O)c2ccccc2[nH]1. The van der Waals surface area contributed by atoms with Crippen molar-refractivity contribution >= 4 is 10.9 Å². The molecule has 0 spiro atoms. The summed E-state index contributed by atoms with van der Waals surface area (Å²) in [4.78, 5) is 15.6. The molecule has 0 radical (unpaired) electrons. The fourth-order valence-corrected chi connectivity index (χ4v) is 2.73. The Bertz CT molecular complexity index is 774. The largest absolute Gasteiger partial charge is 0.358 e. The van der Waals surface area contributed by atoms with Crippen molar-refractivity contribution < 1.29 is 0 Å². The standard InChI is InChI=1S/C18H17NO/c1-2-14(13-8-4-3-5-9-13)17-12-18(20)15-10-6-7-11-16(15)19-17/h3-12,14H,2H2,1H3,(H,19,20)/t14-/m1/s1. The molecule has 0 saturated heterocycles. The van der Waals surface area contributed by atoms with Gasteiger partial charge in [-0.2, -0.15) is 0 Å². The van der Waals surface area contributed by atoms with Crippen LogP contribution < -0.4 is 5.43 Å². The van der Waals surface area contributed by atoms with E-state index in [1.54, 1.807) is 6.07 Å². The van der Waals surface area contributed by atoms with Crippen molar-refractivity contribution in [1.29, 1.82) is 0 Å². The third kappa shape index (κ3) is 2.25. The molecule has 0 aliphatic heterocycles. The maximum atomic E-state index is 12.2. The average Bonchev–Trinajstić information content (AvgIpc) is 2.49. The minimum atomic E-state index is 0.0868. The minimum absolute atomic E-state index is 0.0868. The second kappa shape index (κ2) is 5.33. The first-order valence-electron chi connectivity index (χ1n) is 6.96. The second-order valence-corrected chi connectivity index (χ2v) is 5.01. The van der Waals surface area contributed by atoms with Gasteiger partial charge in [0, 0.05) is 28.6 Å². The summed E-state index contributed by atoms with van der Waals surface area (Å²) in [5.41, 5.74) is 3.22. The maximum absolute atomic E-state index is 12.2. The Morgan fingerprint density at radius 3 is 2.45 bits per heavy atom. The van der Waals surface area contributed by atoms with Gasteiger partial charge in [0.15, 0.2) is 5.43 Å². The van der Waals surface area contributed by atoms with Gasteiger partial charge in [0.2, 0.25) is 0 Å². The van der Waals surface area contributed by atoms with Crippen LogP contribution in [0.4, 0.5) is 0 Å². The summed E-state index contributed by atoms with van der Waals surface area (Å²) in [6.07, 6.45) is 0.957. The lowest BCUT2D eigenvalue weighted by molar-refractivity contribution is 0.753. The number of nitrogens with one attached hydrogen (secondary N) is 1. The number of H-pyrrole nitrogens is 1. The van der Waals surface area contributed by atoms with Gasteiger partial charge in [-0.25, -0.2) is 0 Å². The number of hydrogen-bond acceptors (Lipinski definition) is 1. The maximum Gasteiger partial charge on any atom is 0.189 e. The molecule has 2 heteroatoms. The van der Waals surface area contributed by atoms with Gasteiger partial charge in [-0.1, -0.05) is 49.4 Å². The van der Waals surface area contributed by atoms with Crippen LogP contribution in [0.3, 0.4) is 0 Å². The molecule has 0 amide bonds. The van der Waals surface area contributed by atoms with E-state index in [2.05, 4.69) is 24.0 Å². The molecular weight excluding hydrogens is 246 g/mol. The summed E-state index contributed by atoms with van der Waals surface area (Å²) in [6.45, 7) is 2.14. The Morgan fingerprint density at radius 1 is 1.00 bits per heavy atom. The van der Waals surface area contributed by atoms with Crippen LogP contribution in [-0.2, 0) is 0 Å². The lowest BCUT2D eigenvalue weighted by Crippen LogP contribution is -2.09. The molecule has 0 fully saturated rings. The first kappa shape index (κ1) is 12.7. The highest BCUT2D eigenvalue weighted by molar-refractivity contribution is 5.78. The van der Waals surface area contributed by atoms with E-state index in [-0.39, 0.29) is 11.3 Å².